The molecule has 0 aromatic carbocycles. The first-order valence-electron chi connectivity index (χ1n) is 9.13. The summed E-state index contributed by atoms with van der Waals surface area (Å²) in [6, 6.07) is -0.114. The van der Waals surface area contributed by atoms with E-state index in [9.17, 15) is 13.2 Å². The molecular weight excluding hydrogens is 398 g/mol. The number of fused-ring (bicyclic) bond motifs is 1. The quantitative estimate of drug-likeness (QED) is 0.626. The Bertz CT molecular complexity index is 1110. The fraction of sp³-hybridized carbons (Fsp3) is 0.500. The largest absolute Gasteiger partial charge is 0.341 e. The molecule has 0 radical (unpaired) electrons. The summed E-state index contributed by atoms with van der Waals surface area (Å²) in [4.78, 5) is 19.7. The van der Waals surface area contributed by atoms with Crippen LogP contribution < -0.4 is 0 Å². The molecule has 1 aliphatic rings. The highest BCUT2D eigenvalue weighted by Gasteiger charge is 2.31. The van der Waals surface area contributed by atoms with Crippen LogP contribution in [0.15, 0.2) is 17.8 Å². The first kappa shape index (κ1) is 19.1. The van der Waals surface area contributed by atoms with Crippen LogP contribution in [0.3, 0.4) is 0 Å². The average molecular weight is 422 g/mol. The lowest BCUT2D eigenvalue weighted by Crippen LogP contribution is -2.28. The second kappa shape index (κ2) is 7.00. The Hall–Kier alpha value is -2.20. The third-order valence-electron chi connectivity index (χ3n) is 5.33. The number of amides is 1. The zero-order valence-electron chi connectivity index (χ0n) is 16.1. The zero-order chi connectivity index (χ0) is 20.1. The molecule has 4 rings (SSSR count). The van der Waals surface area contributed by atoms with Gasteiger partial charge in [-0.15, -0.1) is 11.3 Å². The molecule has 1 saturated heterocycles. The van der Waals surface area contributed by atoms with Gasteiger partial charge in [-0.25, -0.2) is 13.4 Å². The van der Waals surface area contributed by atoms with Crippen molar-refractivity contribution in [2.45, 2.75) is 39.3 Å². The smallest absolute Gasteiger partial charge is 0.228 e. The fourth-order valence-electron chi connectivity index (χ4n) is 3.73. The molecule has 0 bridgehead atoms. The Labute approximate surface area is 167 Å². The summed E-state index contributed by atoms with van der Waals surface area (Å²) in [5.41, 5.74) is 3.50. The van der Waals surface area contributed by atoms with E-state index in [2.05, 4.69) is 10.1 Å². The van der Waals surface area contributed by atoms with Gasteiger partial charge in [-0.3, -0.25) is 13.9 Å². The minimum Gasteiger partial charge on any atom is -0.341 e. The normalized spacial score (nSPS) is 18.8. The van der Waals surface area contributed by atoms with Gasteiger partial charge in [0.2, 0.25) is 5.91 Å². The summed E-state index contributed by atoms with van der Waals surface area (Å²) < 4.78 is 27.4. The van der Waals surface area contributed by atoms with Gasteiger partial charge in [0.1, 0.15) is 0 Å². The van der Waals surface area contributed by atoms with Gasteiger partial charge >= 0.3 is 0 Å². The lowest BCUT2D eigenvalue weighted by molar-refractivity contribution is -0.129. The van der Waals surface area contributed by atoms with Crippen LogP contribution in [-0.4, -0.2) is 56.9 Å². The predicted molar refractivity (Wildman–Crippen MR) is 107 cm³/mol. The van der Waals surface area contributed by atoms with Gasteiger partial charge in [-0.1, -0.05) is 0 Å². The number of hydrogen-bond acceptors (Lipinski definition) is 6. The molecule has 1 fully saturated rings. The highest BCUT2D eigenvalue weighted by atomic mass is 32.2. The van der Waals surface area contributed by atoms with Crippen molar-refractivity contribution >= 4 is 32.0 Å². The molecule has 8 nitrogen and oxygen atoms in total. The number of thiazole rings is 1. The van der Waals surface area contributed by atoms with Crippen molar-refractivity contribution in [1.29, 1.82) is 0 Å². The monoisotopic (exact) mass is 421 g/mol. The van der Waals surface area contributed by atoms with Crippen LogP contribution in [0, 0.1) is 13.8 Å². The number of carbonyl (C=O) groups is 1. The van der Waals surface area contributed by atoms with Crippen LogP contribution >= 0.6 is 11.3 Å². The number of aryl methyl sites for hydroxylation is 1. The van der Waals surface area contributed by atoms with Gasteiger partial charge in [-0.2, -0.15) is 5.10 Å². The van der Waals surface area contributed by atoms with E-state index < -0.39 is 9.84 Å². The minimum absolute atomic E-state index is 0.0132. The topological polar surface area (TPSA) is 89.6 Å². The van der Waals surface area contributed by atoms with Gasteiger partial charge in [0.05, 0.1) is 35.4 Å². The summed E-state index contributed by atoms with van der Waals surface area (Å²) in [5.74, 6) is 0.340. The summed E-state index contributed by atoms with van der Waals surface area (Å²) in [6.45, 7) is 4.30. The van der Waals surface area contributed by atoms with E-state index in [1.54, 1.807) is 11.9 Å². The van der Waals surface area contributed by atoms with E-state index in [0.717, 1.165) is 27.6 Å². The molecule has 0 spiro atoms. The molecule has 0 unspecified atom stereocenters. The van der Waals surface area contributed by atoms with Crippen LogP contribution in [0.1, 0.15) is 35.1 Å². The fourth-order valence-corrected chi connectivity index (χ4v) is 6.14. The highest BCUT2D eigenvalue weighted by molar-refractivity contribution is 7.91. The van der Waals surface area contributed by atoms with Gasteiger partial charge in [0.25, 0.3) is 0 Å². The van der Waals surface area contributed by atoms with Crippen molar-refractivity contribution in [3.8, 4) is 0 Å². The van der Waals surface area contributed by atoms with E-state index in [-0.39, 0.29) is 29.9 Å². The molecule has 10 heteroatoms. The van der Waals surface area contributed by atoms with Crippen LogP contribution in [-0.2, 0) is 27.6 Å². The van der Waals surface area contributed by atoms with Crippen LogP contribution in [0.5, 0.6) is 0 Å². The molecule has 3 aromatic heterocycles. The van der Waals surface area contributed by atoms with Crippen molar-refractivity contribution < 1.29 is 13.2 Å². The average Bonchev–Trinajstić information content (AvgIpc) is 3.34. The van der Waals surface area contributed by atoms with Crippen LogP contribution in [0.4, 0.5) is 0 Å². The first-order chi connectivity index (χ1) is 13.2. The molecule has 3 aromatic rings. The number of rotatable bonds is 5. The number of imidazole rings is 1. The second-order valence-electron chi connectivity index (χ2n) is 7.40. The van der Waals surface area contributed by atoms with Gasteiger partial charge in [0.15, 0.2) is 14.8 Å². The Kier molecular flexibility index (Phi) is 4.78. The Morgan fingerprint density at radius 2 is 2.18 bits per heavy atom. The molecule has 28 heavy (non-hydrogen) atoms. The molecule has 1 aliphatic heterocycles. The van der Waals surface area contributed by atoms with Crippen molar-refractivity contribution in [1.82, 2.24) is 24.1 Å². The van der Waals surface area contributed by atoms with Crippen molar-refractivity contribution in [3.05, 3.63) is 40.4 Å². The number of nitrogens with zero attached hydrogens (tertiary/aromatic N) is 5. The summed E-state index contributed by atoms with van der Waals surface area (Å²) >= 11 is 1.54. The van der Waals surface area contributed by atoms with Crippen molar-refractivity contribution in [2.24, 2.45) is 0 Å². The maximum Gasteiger partial charge on any atom is 0.228 e. The SMILES string of the molecule is Cc1nn([C@H]2CCS(=O)(=O)C2)c(C)c1CN(C)C(=O)Cc1cn2ccsc2n1. The summed E-state index contributed by atoms with van der Waals surface area (Å²) in [7, 11) is -1.20. The summed E-state index contributed by atoms with van der Waals surface area (Å²) in [6.07, 6.45) is 4.65. The maximum absolute atomic E-state index is 12.7. The van der Waals surface area contributed by atoms with Crippen LogP contribution in [0.2, 0.25) is 0 Å². The standard InChI is InChI=1S/C18H23N5O3S2/c1-12-16(13(2)23(20-12)15-4-7-28(25,26)11-15)10-21(3)17(24)8-14-9-22-5-6-27-18(22)19-14/h5-6,9,15H,4,7-8,10-11H2,1-3H3/t15-/m0/s1. The third-order valence-corrected chi connectivity index (χ3v) is 7.85. The van der Waals surface area contributed by atoms with Gasteiger partial charge < -0.3 is 4.90 Å². The van der Waals surface area contributed by atoms with E-state index in [1.165, 1.54) is 11.3 Å². The van der Waals surface area contributed by atoms with Crippen molar-refractivity contribution in [2.75, 3.05) is 18.6 Å². The lowest BCUT2D eigenvalue weighted by atomic mass is 10.1. The van der Waals surface area contributed by atoms with E-state index in [1.807, 2.05) is 40.7 Å². The minimum atomic E-state index is -2.97. The maximum atomic E-state index is 12.7. The molecule has 4 heterocycles. The molecule has 1 atom stereocenters. The number of carbonyl (C=O) groups excluding carboxylic acids is 1. The van der Waals surface area contributed by atoms with Gasteiger partial charge in [-0.05, 0) is 20.3 Å². The number of likely N-dealkylation sites (N-methyl/N-ethyl adjacent to an activating group) is 1. The second-order valence-corrected chi connectivity index (χ2v) is 10.5. The number of hydrogen-bond donors (Lipinski definition) is 0. The highest BCUT2D eigenvalue weighted by Crippen LogP contribution is 2.27. The van der Waals surface area contributed by atoms with Crippen molar-refractivity contribution in [3.63, 3.8) is 0 Å². The third kappa shape index (κ3) is 3.58. The predicted octanol–water partition coefficient (Wildman–Crippen LogP) is 1.77. The van der Waals surface area contributed by atoms with E-state index in [0.29, 0.717) is 13.0 Å². The molecule has 1 amide bonds. The van der Waals surface area contributed by atoms with Crippen LogP contribution in [0.25, 0.3) is 4.96 Å². The van der Waals surface area contributed by atoms with Gasteiger partial charge in [0, 0.05) is 42.6 Å². The zero-order valence-corrected chi connectivity index (χ0v) is 17.8. The molecule has 0 N–H and O–H groups in total. The van der Waals surface area contributed by atoms with E-state index >= 15 is 0 Å². The molecule has 0 saturated carbocycles. The Morgan fingerprint density at radius 1 is 1.39 bits per heavy atom. The van der Waals surface area contributed by atoms with E-state index in [4.69, 9.17) is 0 Å². The molecular formula is C18H23N5O3S2. The lowest BCUT2D eigenvalue weighted by Gasteiger charge is -2.17. The number of sulfone groups is 1. The Morgan fingerprint density at radius 3 is 2.86 bits per heavy atom. The Balaban J connectivity index is 1.47. The number of aromatic nitrogens is 4. The molecule has 0 aliphatic carbocycles. The summed E-state index contributed by atoms with van der Waals surface area (Å²) in [5, 5.41) is 6.53. The first-order valence-corrected chi connectivity index (χ1v) is 11.8. The molecule has 150 valence electrons.